The molecule has 122 valence electrons. The summed E-state index contributed by atoms with van der Waals surface area (Å²) in [6, 6.07) is 3.41. The third-order valence-corrected chi connectivity index (χ3v) is 3.91. The Balaban J connectivity index is 2.18. The number of carbonyl (C=O) groups is 3. The number of benzene rings is 1. The zero-order valence-corrected chi connectivity index (χ0v) is 13.0. The summed E-state index contributed by atoms with van der Waals surface area (Å²) in [4.78, 5) is 34.4. The van der Waals surface area contributed by atoms with Crippen molar-refractivity contribution in [2.75, 3.05) is 7.05 Å². The van der Waals surface area contributed by atoms with Gasteiger partial charge in [-0.1, -0.05) is 12.1 Å². The van der Waals surface area contributed by atoms with Gasteiger partial charge in [0.15, 0.2) is 0 Å². The molecule has 0 unspecified atom stereocenters. The van der Waals surface area contributed by atoms with E-state index in [9.17, 15) is 24.5 Å². The summed E-state index contributed by atoms with van der Waals surface area (Å²) in [5.41, 5.74) is 1.20. The lowest BCUT2D eigenvalue weighted by molar-refractivity contribution is -0.128. The fourth-order valence-corrected chi connectivity index (χ4v) is 2.69. The summed E-state index contributed by atoms with van der Waals surface area (Å²) >= 11 is 0. The number of Topliss-reactive ketones (excluding diaryl/α,β-unsaturated/α-hetero) is 1. The first-order valence-corrected chi connectivity index (χ1v) is 7.26. The third-order valence-electron chi connectivity index (χ3n) is 3.91. The zero-order valence-electron chi connectivity index (χ0n) is 13.0. The van der Waals surface area contributed by atoms with Gasteiger partial charge in [0.1, 0.15) is 17.1 Å². The van der Waals surface area contributed by atoms with E-state index in [1.54, 1.807) is 19.1 Å². The molecule has 1 atom stereocenters. The molecule has 0 aromatic heterocycles. The molecule has 1 aliphatic heterocycles. The van der Waals surface area contributed by atoms with Gasteiger partial charge in [0.05, 0.1) is 6.42 Å². The number of aryl methyl sites for hydroxylation is 1. The molecule has 1 aliphatic rings. The highest BCUT2D eigenvalue weighted by Gasteiger charge is 2.38. The van der Waals surface area contributed by atoms with Crippen molar-refractivity contribution in [3.05, 3.63) is 28.8 Å². The van der Waals surface area contributed by atoms with Crippen LogP contribution in [0.3, 0.4) is 0 Å². The van der Waals surface area contributed by atoms with Crippen LogP contribution < -0.4 is 9.97 Å². The highest BCUT2D eigenvalue weighted by atomic mass is 16.5. The highest BCUT2D eigenvalue weighted by molar-refractivity contribution is 6.47. The average Bonchev–Trinajstić information content (AvgIpc) is 2.47. The van der Waals surface area contributed by atoms with Gasteiger partial charge < -0.3 is 20.1 Å². The highest BCUT2D eigenvalue weighted by Crippen LogP contribution is 2.37. The topological polar surface area (TPSA) is 113 Å². The number of nitrogens with one attached hydrogen (secondary N) is 1. The maximum absolute atomic E-state index is 11.8. The molecule has 1 heterocycles. The van der Waals surface area contributed by atoms with Gasteiger partial charge in [-0.15, -0.1) is 0 Å². The molecule has 23 heavy (non-hydrogen) atoms. The fourth-order valence-electron chi connectivity index (χ4n) is 2.69. The number of carbonyl (C=O) groups excluding carboxylic acids is 2. The quantitative estimate of drug-likeness (QED) is 0.540. The van der Waals surface area contributed by atoms with Crippen molar-refractivity contribution in [2.24, 2.45) is 0 Å². The van der Waals surface area contributed by atoms with Gasteiger partial charge in [0, 0.05) is 19.3 Å². The fraction of sp³-hybridized carbons (Fsp3) is 0.400. The Morgan fingerprint density at radius 3 is 2.70 bits per heavy atom. The largest absolute Gasteiger partial charge is 0.535 e. The minimum Gasteiger partial charge on any atom is -0.535 e. The van der Waals surface area contributed by atoms with Gasteiger partial charge in [-0.05, 0) is 24.5 Å². The Hall–Kier alpha value is -2.35. The number of amides is 1. The number of fused-ring (bicyclic) bond motifs is 1. The molecule has 0 bridgehead atoms. The first-order chi connectivity index (χ1) is 10.8. The summed E-state index contributed by atoms with van der Waals surface area (Å²) in [5.74, 6) is -2.17. The van der Waals surface area contributed by atoms with Gasteiger partial charge in [0.2, 0.25) is 5.91 Å². The Morgan fingerprint density at radius 2 is 2.09 bits per heavy atom. The van der Waals surface area contributed by atoms with Crippen LogP contribution in [0, 0.1) is 6.92 Å². The molecule has 7 nitrogen and oxygen atoms in total. The minimum absolute atomic E-state index is 0.00962. The van der Waals surface area contributed by atoms with E-state index in [1.165, 1.54) is 7.05 Å². The van der Waals surface area contributed by atoms with E-state index in [-0.39, 0.29) is 35.8 Å². The second-order valence-corrected chi connectivity index (χ2v) is 5.62. The van der Waals surface area contributed by atoms with Crippen molar-refractivity contribution in [1.82, 2.24) is 5.32 Å². The normalized spacial score (nSPS) is 16.3. The van der Waals surface area contributed by atoms with Gasteiger partial charge in [-0.3, -0.25) is 9.59 Å². The summed E-state index contributed by atoms with van der Waals surface area (Å²) in [7, 11) is 0.163. The van der Waals surface area contributed by atoms with E-state index >= 15 is 0 Å². The molecular weight excluding hydrogens is 301 g/mol. The monoisotopic (exact) mass is 319 g/mol. The summed E-state index contributed by atoms with van der Waals surface area (Å²) < 4.78 is 5.37. The molecule has 1 aromatic rings. The standard InChI is InChI=1S/C15H18BNO6/c1-8-3-4-9-5-10(6-11(18)7-12(19)17-2)16(22)23-14(9)13(8)15(20)21/h3-4,10,22H,5-7H2,1-2H3,(H,17,19)(H,20,21)/t10-/m1/s1. The number of hydrogen-bond donors (Lipinski definition) is 3. The Bertz CT molecular complexity index is 660. The van der Waals surface area contributed by atoms with Gasteiger partial charge in [-0.2, -0.15) is 0 Å². The van der Waals surface area contributed by atoms with E-state index in [4.69, 9.17) is 4.65 Å². The summed E-state index contributed by atoms with van der Waals surface area (Å²) in [6.07, 6.45) is 0.0572. The Labute approximate surface area is 133 Å². The predicted molar refractivity (Wildman–Crippen MR) is 82.5 cm³/mol. The van der Waals surface area contributed by atoms with Crippen LogP contribution in [0.15, 0.2) is 12.1 Å². The lowest BCUT2D eigenvalue weighted by Crippen LogP contribution is -2.36. The molecule has 8 heteroatoms. The molecule has 0 spiro atoms. The maximum Gasteiger partial charge on any atom is 0.526 e. The van der Waals surface area contributed by atoms with Crippen LogP contribution in [0.2, 0.25) is 5.82 Å². The van der Waals surface area contributed by atoms with Crippen molar-refractivity contribution in [1.29, 1.82) is 0 Å². The van der Waals surface area contributed by atoms with Crippen molar-refractivity contribution >= 4 is 24.8 Å². The number of aromatic carboxylic acids is 1. The minimum atomic E-state index is -1.28. The van der Waals surface area contributed by atoms with E-state index in [0.29, 0.717) is 17.5 Å². The van der Waals surface area contributed by atoms with Crippen molar-refractivity contribution in [3.8, 4) is 5.75 Å². The van der Waals surface area contributed by atoms with E-state index in [0.717, 1.165) is 0 Å². The van der Waals surface area contributed by atoms with Crippen LogP contribution >= 0.6 is 0 Å². The van der Waals surface area contributed by atoms with Crippen LogP contribution in [0.5, 0.6) is 5.75 Å². The van der Waals surface area contributed by atoms with Crippen molar-refractivity contribution in [2.45, 2.75) is 32.0 Å². The molecule has 1 aromatic carbocycles. The number of rotatable bonds is 5. The molecule has 0 fully saturated rings. The zero-order chi connectivity index (χ0) is 17.1. The van der Waals surface area contributed by atoms with Crippen LogP contribution in [-0.2, 0) is 16.0 Å². The number of carboxylic acids is 1. The third kappa shape index (κ3) is 3.71. The Kier molecular flexibility index (Phi) is 5.05. The van der Waals surface area contributed by atoms with Gasteiger partial charge in [-0.25, -0.2) is 4.79 Å². The molecule has 0 saturated heterocycles. The number of carboxylic acid groups (broad SMARTS) is 1. The van der Waals surface area contributed by atoms with Crippen molar-refractivity contribution < 1.29 is 29.2 Å². The second kappa shape index (κ2) is 6.83. The first-order valence-electron chi connectivity index (χ1n) is 7.26. The van der Waals surface area contributed by atoms with Gasteiger partial charge >= 0.3 is 13.1 Å². The molecule has 0 aliphatic carbocycles. The molecule has 0 radical (unpaired) electrons. The first kappa shape index (κ1) is 17.0. The SMILES string of the molecule is CNC(=O)CC(=O)C[C@H]1Cc2ccc(C)c(C(=O)O)c2OB1O. The van der Waals surface area contributed by atoms with Crippen molar-refractivity contribution in [3.63, 3.8) is 0 Å². The number of ketones is 1. The second-order valence-electron chi connectivity index (χ2n) is 5.62. The molecule has 3 N–H and O–H groups in total. The van der Waals surface area contributed by atoms with E-state index in [1.807, 2.05) is 0 Å². The lowest BCUT2D eigenvalue weighted by atomic mass is 9.64. The maximum atomic E-state index is 11.8. The molecule has 2 rings (SSSR count). The van der Waals surface area contributed by atoms with Crippen LogP contribution in [0.1, 0.15) is 34.3 Å². The summed E-state index contributed by atoms with van der Waals surface area (Å²) in [5, 5.41) is 21.7. The average molecular weight is 319 g/mol. The van der Waals surface area contributed by atoms with Crippen LogP contribution in [0.4, 0.5) is 0 Å². The number of hydrogen-bond acceptors (Lipinski definition) is 5. The lowest BCUT2D eigenvalue weighted by Gasteiger charge is -2.28. The predicted octanol–water partition coefficient (Wildman–Crippen LogP) is 0.574. The Morgan fingerprint density at radius 1 is 1.39 bits per heavy atom. The van der Waals surface area contributed by atoms with E-state index < -0.39 is 18.9 Å². The summed E-state index contributed by atoms with van der Waals surface area (Å²) in [6.45, 7) is 1.65. The molecular formula is C15H18BNO6. The molecule has 0 saturated carbocycles. The van der Waals surface area contributed by atoms with Crippen LogP contribution in [-0.4, -0.2) is 42.0 Å². The smallest absolute Gasteiger partial charge is 0.526 e. The van der Waals surface area contributed by atoms with Crippen LogP contribution in [0.25, 0.3) is 0 Å². The molecule has 1 amide bonds. The van der Waals surface area contributed by atoms with E-state index in [2.05, 4.69) is 5.32 Å². The van der Waals surface area contributed by atoms with Gasteiger partial charge in [0.25, 0.3) is 0 Å².